The molecule has 0 fully saturated rings. The summed E-state index contributed by atoms with van der Waals surface area (Å²) in [5.74, 6) is -2.19. The van der Waals surface area contributed by atoms with Crippen molar-refractivity contribution in [3.05, 3.63) is 66.4 Å². The van der Waals surface area contributed by atoms with E-state index in [9.17, 15) is 27.5 Å². The van der Waals surface area contributed by atoms with Gasteiger partial charge in [0.15, 0.2) is 6.10 Å². The van der Waals surface area contributed by atoms with Crippen LogP contribution in [0.2, 0.25) is 0 Å². The van der Waals surface area contributed by atoms with Crippen molar-refractivity contribution >= 4 is 28.4 Å². The Balaban J connectivity index is 1.73. The number of nitrogens with zero attached hydrogens (tertiary/aromatic N) is 3. The maximum atomic E-state index is 13.4. The number of alkyl halides is 3. The molecular weight excluding hydrogens is 458 g/mol. The lowest BCUT2D eigenvalue weighted by atomic mass is 10.0. The summed E-state index contributed by atoms with van der Waals surface area (Å²) in [5, 5.41) is 12.8. The molecule has 0 saturated carbocycles. The average Bonchev–Trinajstić information content (AvgIpc) is 3.10. The van der Waals surface area contributed by atoms with Crippen LogP contribution < -0.4 is 15.8 Å². The van der Waals surface area contributed by atoms with E-state index >= 15 is 0 Å². The molecule has 0 aliphatic rings. The Hall–Kier alpha value is -4.19. The summed E-state index contributed by atoms with van der Waals surface area (Å²) in [6.07, 6.45) is -4.03. The molecule has 0 aliphatic heterocycles. The molecule has 176 valence electrons. The van der Waals surface area contributed by atoms with Gasteiger partial charge in [0.05, 0.1) is 5.39 Å². The van der Waals surface area contributed by atoms with Crippen LogP contribution in [0.3, 0.4) is 0 Å². The minimum atomic E-state index is -5.04. The summed E-state index contributed by atoms with van der Waals surface area (Å²) in [6, 6.07) is 8.33. The van der Waals surface area contributed by atoms with Gasteiger partial charge in [0.1, 0.15) is 29.4 Å². The average molecular weight is 475 g/mol. The highest BCUT2D eigenvalue weighted by Crippen LogP contribution is 2.40. The summed E-state index contributed by atoms with van der Waals surface area (Å²) in [5.41, 5.74) is 6.54. The summed E-state index contributed by atoms with van der Waals surface area (Å²) >= 11 is 0. The van der Waals surface area contributed by atoms with Crippen LogP contribution in [-0.4, -0.2) is 31.9 Å². The Labute approximate surface area is 189 Å². The Morgan fingerprint density at radius 3 is 2.65 bits per heavy atom. The van der Waals surface area contributed by atoms with E-state index in [4.69, 9.17) is 5.73 Å². The van der Waals surface area contributed by atoms with E-state index in [1.807, 2.05) is 0 Å². The van der Waals surface area contributed by atoms with Gasteiger partial charge in [-0.3, -0.25) is 4.79 Å². The zero-order valence-electron chi connectivity index (χ0n) is 17.5. The van der Waals surface area contributed by atoms with E-state index in [2.05, 4.69) is 20.0 Å². The van der Waals surface area contributed by atoms with Gasteiger partial charge in [0, 0.05) is 36.1 Å². The predicted molar refractivity (Wildman–Crippen MR) is 115 cm³/mol. The molecule has 4 rings (SSSR count). The zero-order chi connectivity index (χ0) is 24.6. The lowest BCUT2D eigenvalue weighted by Crippen LogP contribution is -2.21. The molecule has 8 nitrogen and oxygen atoms in total. The third-order valence-electron chi connectivity index (χ3n) is 4.96. The van der Waals surface area contributed by atoms with E-state index in [-0.39, 0.29) is 28.2 Å². The molecule has 1 atom stereocenters. The van der Waals surface area contributed by atoms with Gasteiger partial charge in [-0.2, -0.15) is 0 Å². The second-order valence-corrected chi connectivity index (χ2v) is 7.32. The number of ether oxygens (including phenoxy) is 1. The van der Waals surface area contributed by atoms with Crippen LogP contribution in [-0.2, 0) is 11.8 Å². The highest BCUT2D eigenvalue weighted by molar-refractivity contribution is 6.02. The monoisotopic (exact) mass is 475 g/mol. The number of nitrogens with one attached hydrogen (secondary N) is 1. The zero-order valence-corrected chi connectivity index (χ0v) is 17.5. The number of benzene rings is 2. The van der Waals surface area contributed by atoms with Crippen molar-refractivity contribution in [2.75, 3.05) is 11.1 Å². The Morgan fingerprint density at radius 2 is 1.94 bits per heavy atom. The molecule has 2 aromatic carbocycles. The van der Waals surface area contributed by atoms with Crippen molar-refractivity contribution in [2.24, 2.45) is 7.05 Å². The van der Waals surface area contributed by atoms with E-state index in [0.717, 1.165) is 18.2 Å². The number of aliphatic hydroxyl groups is 1. The van der Waals surface area contributed by atoms with Crippen molar-refractivity contribution in [3.63, 3.8) is 0 Å². The first-order chi connectivity index (χ1) is 16.0. The molecule has 0 radical (unpaired) electrons. The minimum Gasteiger partial charge on any atom is -0.405 e. The number of carbonyl (C=O) groups excluding carboxylic acids is 1. The number of rotatable bonds is 5. The molecule has 0 aliphatic carbocycles. The number of aromatic nitrogens is 3. The second kappa shape index (κ2) is 8.63. The maximum absolute atomic E-state index is 13.4. The van der Waals surface area contributed by atoms with Gasteiger partial charge in [0.2, 0.25) is 0 Å². The lowest BCUT2D eigenvalue weighted by Gasteiger charge is -2.16. The standard InChI is InChI=1S/C22H17F4N5O3/c1-31-9-15(17-19(27)28-10-29-20(17)31)14-6-5-13(8-16(14)34-22(24,25)26)30-21(33)18(32)11-3-2-4-12(23)7-11/h2-10,18,32H,1H3,(H,30,33)(H2,27,28,29)/t18-/m1/s1. The van der Waals surface area contributed by atoms with Gasteiger partial charge in [0.25, 0.3) is 5.91 Å². The van der Waals surface area contributed by atoms with E-state index in [1.54, 1.807) is 11.6 Å². The van der Waals surface area contributed by atoms with Gasteiger partial charge in [-0.15, -0.1) is 13.2 Å². The number of anilines is 2. The largest absolute Gasteiger partial charge is 0.573 e. The fraction of sp³-hybridized carbons (Fsp3) is 0.136. The van der Waals surface area contributed by atoms with Crippen molar-refractivity contribution in [2.45, 2.75) is 12.5 Å². The third kappa shape index (κ3) is 4.62. The van der Waals surface area contributed by atoms with Crippen LogP contribution in [0.4, 0.5) is 29.1 Å². The number of nitrogens with two attached hydrogens (primary N) is 1. The van der Waals surface area contributed by atoms with Crippen LogP contribution in [0.1, 0.15) is 11.7 Å². The molecule has 1 amide bonds. The van der Waals surface area contributed by atoms with Gasteiger partial charge < -0.3 is 25.5 Å². The molecular formula is C22H17F4N5O3. The summed E-state index contributed by atoms with van der Waals surface area (Å²) < 4.78 is 58.7. The van der Waals surface area contributed by atoms with E-state index < -0.39 is 29.9 Å². The quantitative estimate of drug-likeness (QED) is 0.377. The molecule has 0 spiro atoms. The van der Waals surface area contributed by atoms with Crippen molar-refractivity contribution in [1.29, 1.82) is 0 Å². The lowest BCUT2D eigenvalue weighted by molar-refractivity contribution is -0.274. The molecule has 0 bridgehead atoms. The highest BCUT2D eigenvalue weighted by Gasteiger charge is 2.33. The topological polar surface area (TPSA) is 115 Å². The van der Waals surface area contributed by atoms with Crippen LogP contribution in [0.25, 0.3) is 22.2 Å². The second-order valence-electron chi connectivity index (χ2n) is 7.32. The summed E-state index contributed by atoms with van der Waals surface area (Å²) in [7, 11) is 1.64. The molecule has 4 N–H and O–H groups in total. The van der Waals surface area contributed by atoms with Crippen molar-refractivity contribution in [3.8, 4) is 16.9 Å². The van der Waals surface area contributed by atoms with Gasteiger partial charge in [-0.25, -0.2) is 14.4 Å². The number of aliphatic hydroxyl groups excluding tert-OH is 1. The number of amides is 1. The molecule has 34 heavy (non-hydrogen) atoms. The summed E-state index contributed by atoms with van der Waals surface area (Å²) in [4.78, 5) is 20.4. The van der Waals surface area contributed by atoms with Crippen LogP contribution in [0.15, 0.2) is 55.0 Å². The number of aryl methyl sites for hydroxylation is 1. The first-order valence-electron chi connectivity index (χ1n) is 9.73. The Morgan fingerprint density at radius 1 is 1.18 bits per heavy atom. The smallest absolute Gasteiger partial charge is 0.405 e. The first kappa shape index (κ1) is 23.0. The number of halogens is 4. The fourth-order valence-corrected chi connectivity index (χ4v) is 3.51. The first-order valence-corrected chi connectivity index (χ1v) is 9.73. The van der Waals surface area contributed by atoms with Crippen LogP contribution >= 0.6 is 0 Å². The SMILES string of the molecule is Cn1cc(-c2ccc(NC(=O)[C@H](O)c3cccc(F)c3)cc2OC(F)(F)F)c2c(N)ncnc21. The molecule has 12 heteroatoms. The Bertz CT molecular complexity index is 1390. The number of hydrogen-bond acceptors (Lipinski definition) is 6. The molecule has 2 aromatic heterocycles. The van der Waals surface area contributed by atoms with Crippen LogP contribution in [0.5, 0.6) is 5.75 Å². The predicted octanol–water partition coefficient (Wildman–Crippen LogP) is 3.93. The normalized spacial score (nSPS) is 12.5. The van der Waals surface area contributed by atoms with E-state index in [1.165, 1.54) is 36.8 Å². The number of hydrogen-bond donors (Lipinski definition) is 3. The molecule has 0 unspecified atom stereocenters. The molecule has 2 heterocycles. The maximum Gasteiger partial charge on any atom is 0.573 e. The summed E-state index contributed by atoms with van der Waals surface area (Å²) in [6.45, 7) is 0. The van der Waals surface area contributed by atoms with Gasteiger partial charge in [-0.05, 0) is 29.8 Å². The Kier molecular flexibility index (Phi) is 5.83. The molecule has 0 saturated heterocycles. The van der Waals surface area contributed by atoms with Crippen molar-refractivity contribution < 1.29 is 32.2 Å². The van der Waals surface area contributed by atoms with Gasteiger partial charge >= 0.3 is 6.36 Å². The number of carbonyl (C=O) groups is 1. The highest BCUT2D eigenvalue weighted by atomic mass is 19.4. The van der Waals surface area contributed by atoms with Gasteiger partial charge in [-0.1, -0.05) is 12.1 Å². The van der Waals surface area contributed by atoms with Crippen molar-refractivity contribution in [1.82, 2.24) is 14.5 Å². The number of fused-ring (bicyclic) bond motifs is 1. The fourth-order valence-electron chi connectivity index (χ4n) is 3.51. The number of nitrogen functional groups attached to an aromatic ring is 1. The third-order valence-corrected chi connectivity index (χ3v) is 4.96. The van der Waals surface area contributed by atoms with Crippen LogP contribution in [0, 0.1) is 5.82 Å². The minimum absolute atomic E-state index is 0.0212. The molecule has 4 aromatic rings. The van der Waals surface area contributed by atoms with E-state index in [0.29, 0.717) is 11.0 Å².